The lowest BCUT2D eigenvalue weighted by Crippen LogP contribution is -2.59. The topological polar surface area (TPSA) is 184 Å². The fourth-order valence-corrected chi connectivity index (χ4v) is 10.2. The number of likely N-dealkylation sites (tertiary alicyclic amines) is 1. The summed E-state index contributed by atoms with van der Waals surface area (Å²) in [6.45, 7) is 7.21. The number of benzene rings is 1. The van der Waals surface area contributed by atoms with Crippen LogP contribution >= 0.6 is 11.3 Å². The molecule has 386 valence electrons. The van der Waals surface area contributed by atoms with Gasteiger partial charge in [-0.25, -0.2) is 8.78 Å². The summed E-state index contributed by atoms with van der Waals surface area (Å²) in [6.07, 6.45) is 8.63. The second-order valence-corrected chi connectivity index (χ2v) is 19.2. The third-order valence-electron chi connectivity index (χ3n) is 13.5. The van der Waals surface area contributed by atoms with Gasteiger partial charge in [-0.3, -0.25) is 24.3 Å². The van der Waals surface area contributed by atoms with Crippen molar-refractivity contribution in [3.63, 3.8) is 0 Å². The fraction of sp³-hybridized carbons (Fsp3) is 0.580. The zero-order valence-electron chi connectivity index (χ0n) is 40.8. The molecule has 4 aromatic heterocycles. The molecule has 5 aromatic rings. The average molecular weight is 1010 g/mol. The molecule has 18 nitrogen and oxygen atoms in total. The number of thiophene rings is 1. The maximum Gasteiger partial charge on any atom is 0.274 e. The van der Waals surface area contributed by atoms with E-state index in [1.54, 1.807) is 48.4 Å². The van der Waals surface area contributed by atoms with E-state index in [2.05, 4.69) is 25.7 Å². The van der Waals surface area contributed by atoms with Crippen molar-refractivity contribution in [3.05, 3.63) is 65.0 Å². The lowest BCUT2D eigenvalue weighted by Gasteiger charge is -2.39. The van der Waals surface area contributed by atoms with Crippen LogP contribution in [0.1, 0.15) is 68.1 Å². The molecule has 2 saturated heterocycles. The van der Waals surface area contributed by atoms with Gasteiger partial charge in [0.2, 0.25) is 11.8 Å². The maximum atomic E-state index is 14.6. The molecule has 0 bridgehead atoms. The molecule has 6 heterocycles. The van der Waals surface area contributed by atoms with Gasteiger partial charge in [-0.15, -0.1) is 11.3 Å². The minimum absolute atomic E-state index is 0.0257. The molecule has 8 rings (SSSR count). The number of likely N-dealkylation sites (N-methyl/N-ethyl adjacent to an activating group) is 1. The predicted molar refractivity (Wildman–Crippen MR) is 261 cm³/mol. The van der Waals surface area contributed by atoms with E-state index < -0.39 is 29.6 Å². The van der Waals surface area contributed by atoms with Gasteiger partial charge in [-0.1, -0.05) is 19.3 Å². The Morgan fingerprint density at radius 1 is 0.831 bits per heavy atom. The van der Waals surface area contributed by atoms with Crippen LogP contribution in [0, 0.1) is 17.6 Å². The smallest absolute Gasteiger partial charge is 0.274 e. The molecule has 3 amide bonds. The van der Waals surface area contributed by atoms with Gasteiger partial charge in [-0.2, -0.15) is 0 Å². The normalized spacial score (nSPS) is 17.2. The van der Waals surface area contributed by atoms with Crippen molar-refractivity contribution in [1.82, 2.24) is 40.0 Å². The van der Waals surface area contributed by atoms with Crippen molar-refractivity contribution in [2.45, 2.75) is 76.6 Å². The van der Waals surface area contributed by atoms with Crippen LogP contribution in [-0.2, 0) is 37.4 Å². The summed E-state index contributed by atoms with van der Waals surface area (Å²) in [5.41, 5.74) is 1.39. The number of hydrogen-bond acceptors (Lipinski definition) is 15. The number of aromatic nitrogens is 3. The van der Waals surface area contributed by atoms with Gasteiger partial charge in [0.25, 0.3) is 11.8 Å². The molecule has 3 aliphatic rings. The summed E-state index contributed by atoms with van der Waals surface area (Å²) in [6, 6.07) is 6.74. The van der Waals surface area contributed by atoms with E-state index in [1.165, 1.54) is 4.57 Å². The quantitative estimate of drug-likeness (QED) is 0.0733. The molecule has 1 saturated carbocycles. The molecule has 2 N–H and O–H groups in total. The van der Waals surface area contributed by atoms with E-state index in [1.807, 2.05) is 23.6 Å². The Hall–Kier alpha value is -5.45. The third-order valence-corrected chi connectivity index (χ3v) is 14.5. The summed E-state index contributed by atoms with van der Waals surface area (Å²) >= 11 is 1.65. The van der Waals surface area contributed by atoms with Gasteiger partial charge in [0.05, 0.1) is 68.0 Å². The van der Waals surface area contributed by atoms with Crippen LogP contribution in [0.2, 0.25) is 0 Å². The average Bonchev–Trinajstić information content (AvgIpc) is 4.13. The number of carbonyl (C=O) groups is 3. The van der Waals surface area contributed by atoms with E-state index in [-0.39, 0.29) is 86.7 Å². The first kappa shape index (κ1) is 51.9. The summed E-state index contributed by atoms with van der Waals surface area (Å²) in [5, 5.41) is 12.3. The largest absolute Gasteiger partial charge is 0.489 e. The summed E-state index contributed by atoms with van der Waals surface area (Å²) < 4.78 is 72.4. The Morgan fingerprint density at radius 2 is 1.49 bits per heavy atom. The van der Waals surface area contributed by atoms with Gasteiger partial charge in [-0.05, 0) is 74.3 Å². The number of hydrogen-bond donors (Lipinski definition) is 2. The van der Waals surface area contributed by atoms with Crippen LogP contribution in [0.4, 0.5) is 8.78 Å². The molecule has 0 unspecified atom stereocenters. The summed E-state index contributed by atoms with van der Waals surface area (Å²) in [7, 11) is 3.31. The number of piperidine rings is 1. The van der Waals surface area contributed by atoms with Crippen LogP contribution in [0.15, 0.2) is 46.4 Å². The molecular weight excluding hydrogens is 943 g/mol. The molecule has 1 aromatic carbocycles. The predicted octanol–water partition coefficient (Wildman–Crippen LogP) is 5.56. The Morgan fingerprint density at radius 3 is 2.20 bits per heavy atom. The molecule has 71 heavy (non-hydrogen) atoms. The molecular formula is C50H66F2N8O10S. The lowest BCUT2D eigenvalue weighted by atomic mass is 9.83. The Labute approximate surface area is 416 Å². The van der Waals surface area contributed by atoms with Gasteiger partial charge in [0.1, 0.15) is 31.1 Å². The molecule has 0 radical (unpaired) electrons. The van der Waals surface area contributed by atoms with Crippen molar-refractivity contribution in [3.8, 4) is 17.4 Å². The number of amides is 3. The maximum absolute atomic E-state index is 14.6. The number of nitrogens with one attached hydrogen (secondary N) is 2. The summed E-state index contributed by atoms with van der Waals surface area (Å²) in [5.74, 6) is -0.679. The highest BCUT2D eigenvalue weighted by Crippen LogP contribution is 2.36. The number of carbonyl (C=O) groups excluding carboxylic acids is 3. The van der Waals surface area contributed by atoms with E-state index in [9.17, 15) is 23.2 Å². The molecule has 21 heteroatoms. The Bertz CT molecular complexity index is 2540. The zero-order valence-corrected chi connectivity index (χ0v) is 41.7. The van der Waals surface area contributed by atoms with E-state index in [0.717, 1.165) is 91.9 Å². The van der Waals surface area contributed by atoms with Crippen LogP contribution in [0.3, 0.4) is 0 Å². The van der Waals surface area contributed by atoms with Crippen LogP contribution in [0.25, 0.3) is 21.1 Å². The number of ether oxygens (including phenoxy) is 6. The minimum atomic E-state index is -1.07. The van der Waals surface area contributed by atoms with Crippen molar-refractivity contribution in [1.29, 1.82) is 0 Å². The van der Waals surface area contributed by atoms with E-state index >= 15 is 0 Å². The van der Waals surface area contributed by atoms with Gasteiger partial charge >= 0.3 is 0 Å². The van der Waals surface area contributed by atoms with Crippen molar-refractivity contribution in [2.75, 3.05) is 99.2 Å². The number of nitrogens with zero attached hydrogens (tertiary/aromatic N) is 6. The number of halogens is 2. The molecule has 1 aliphatic carbocycles. The first-order valence-electron chi connectivity index (χ1n) is 24.8. The van der Waals surface area contributed by atoms with Gasteiger partial charge in [0, 0.05) is 70.0 Å². The lowest BCUT2D eigenvalue weighted by molar-refractivity contribution is -0.140. The monoisotopic (exact) mass is 1010 g/mol. The van der Waals surface area contributed by atoms with Crippen LogP contribution < -0.4 is 24.8 Å². The molecule has 0 spiro atoms. The highest BCUT2D eigenvalue weighted by molar-refractivity contribution is 7.17. The van der Waals surface area contributed by atoms with Crippen molar-refractivity contribution >= 4 is 50.2 Å². The highest BCUT2D eigenvalue weighted by atomic mass is 32.1. The Kier molecular flexibility index (Phi) is 18.5. The number of piperazine rings is 1. The van der Waals surface area contributed by atoms with Crippen molar-refractivity contribution < 1.29 is 56.1 Å². The number of pyridine rings is 1. The van der Waals surface area contributed by atoms with Crippen molar-refractivity contribution in [2.24, 2.45) is 13.0 Å². The fourth-order valence-electron chi connectivity index (χ4n) is 9.43. The molecule has 3 fully saturated rings. The second kappa shape index (κ2) is 25.3. The Balaban J connectivity index is 0.709. The first-order valence-corrected chi connectivity index (χ1v) is 25.6. The highest BCUT2D eigenvalue weighted by Gasteiger charge is 2.37. The molecule has 2 aliphatic heterocycles. The van der Waals surface area contributed by atoms with Crippen LogP contribution in [-0.4, -0.2) is 164 Å². The van der Waals surface area contributed by atoms with E-state index in [4.69, 9.17) is 32.9 Å². The third kappa shape index (κ3) is 13.3. The molecule has 2 atom stereocenters. The number of fused-ring (bicyclic) bond motifs is 2. The van der Waals surface area contributed by atoms with Gasteiger partial charge in [0.15, 0.2) is 28.8 Å². The standard InChI is InChI=1S/C50H66F2N8O10S/c1-33(53-2)48(61)55-44(34-7-5-4-6-8-34)49(62)59-16-18-60(19-17-59)50(63)45-46(37-30-38(51)39(52)31-41(37)57(45)3)68-27-25-66-23-21-64-20-22-65-24-26-67-43-29-36(70-56-43)32-58-14-10-35(11-15-58)69-42-9-13-54-40-12-28-71-47(40)42/h9,12-13,28-31,33-35,44,53H,4-8,10-11,14-27,32H2,1-3H3,(H,55,61)/t33-,44-/m0/s1. The van der Waals surface area contributed by atoms with Gasteiger partial charge < -0.3 is 57.9 Å². The first-order chi connectivity index (χ1) is 34.6. The van der Waals surface area contributed by atoms with E-state index in [0.29, 0.717) is 51.0 Å². The SMILES string of the molecule is CN[C@@H](C)C(=O)N[C@H](C(=O)N1CCN(C(=O)c2c(OCCOCCOCCOCCOc3cc(CN4CCC(Oc5ccnc6ccsc56)CC4)on3)c3cc(F)c(F)cc3n2C)CC1)C1CCCCC1. The van der Waals surface area contributed by atoms with Crippen LogP contribution in [0.5, 0.6) is 17.4 Å². The number of rotatable bonds is 24. The number of aryl methyl sites for hydroxylation is 1. The summed E-state index contributed by atoms with van der Waals surface area (Å²) in [4.78, 5) is 51.1. The zero-order chi connectivity index (χ0) is 49.7. The second-order valence-electron chi connectivity index (χ2n) is 18.2. The minimum Gasteiger partial charge on any atom is -0.489 e.